The van der Waals surface area contributed by atoms with Gasteiger partial charge in [0, 0.05) is 18.1 Å². The van der Waals surface area contributed by atoms with E-state index in [9.17, 15) is 0 Å². The Hall–Kier alpha value is -0.0800. The van der Waals surface area contributed by atoms with Crippen LogP contribution >= 0.6 is 0 Å². The lowest BCUT2D eigenvalue weighted by molar-refractivity contribution is 0.0396. The SMILES string of the molecule is C1CNC(C2CCCCN2C2CCCC(C3CC3)C2)C1. The van der Waals surface area contributed by atoms with Gasteiger partial charge in [-0.2, -0.15) is 0 Å². The quantitative estimate of drug-likeness (QED) is 0.848. The molecule has 1 N–H and O–H groups in total. The third-order valence-corrected chi connectivity index (χ3v) is 6.60. The highest BCUT2D eigenvalue weighted by Crippen LogP contribution is 2.45. The number of likely N-dealkylation sites (tertiary alicyclic amines) is 1. The molecule has 4 unspecified atom stereocenters. The molecule has 114 valence electrons. The predicted molar refractivity (Wildman–Crippen MR) is 83.8 cm³/mol. The fourth-order valence-corrected chi connectivity index (χ4v) is 5.40. The van der Waals surface area contributed by atoms with Gasteiger partial charge in [-0.1, -0.05) is 19.3 Å². The minimum absolute atomic E-state index is 0.816. The maximum atomic E-state index is 3.80. The largest absolute Gasteiger partial charge is 0.312 e. The zero-order valence-corrected chi connectivity index (χ0v) is 13.0. The first-order valence-corrected chi connectivity index (χ1v) is 9.41. The molecule has 0 aromatic carbocycles. The van der Waals surface area contributed by atoms with Crippen molar-refractivity contribution in [2.24, 2.45) is 11.8 Å². The average Bonchev–Trinajstić information content (AvgIpc) is 3.22. The zero-order chi connectivity index (χ0) is 13.4. The van der Waals surface area contributed by atoms with Crippen molar-refractivity contribution >= 4 is 0 Å². The summed E-state index contributed by atoms with van der Waals surface area (Å²) in [6.45, 7) is 2.66. The van der Waals surface area contributed by atoms with Crippen LogP contribution in [0.5, 0.6) is 0 Å². The van der Waals surface area contributed by atoms with Crippen molar-refractivity contribution in [2.45, 2.75) is 88.8 Å². The first-order chi connectivity index (χ1) is 9.92. The average molecular weight is 276 g/mol. The second-order valence-electron chi connectivity index (χ2n) is 7.92. The Morgan fingerprint density at radius 3 is 2.50 bits per heavy atom. The minimum atomic E-state index is 0.816. The third kappa shape index (κ3) is 2.78. The fraction of sp³-hybridized carbons (Fsp3) is 1.00. The molecule has 4 rings (SSSR count). The van der Waals surface area contributed by atoms with Crippen molar-refractivity contribution in [3.63, 3.8) is 0 Å². The van der Waals surface area contributed by atoms with Crippen LogP contribution in [0.25, 0.3) is 0 Å². The summed E-state index contributed by atoms with van der Waals surface area (Å²) in [7, 11) is 0. The third-order valence-electron chi connectivity index (χ3n) is 6.60. The van der Waals surface area contributed by atoms with Crippen LogP contribution in [0.1, 0.15) is 70.6 Å². The van der Waals surface area contributed by atoms with E-state index in [2.05, 4.69) is 10.2 Å². The fourth-order valence-electron chi connectivity index (χ4n) is 5.40. The molecule has 0 radical (unpaired) electrons. The van der Waals surface area contributed by atoms with E-state index < -0.39 is 0 Å². The van der Waals surface area contributed by atoms with Crippen molar-refractivity contribution in [2.75, 3.05) is 13.1 Å². The predicted octanol–water partition coefficient (Wildman–Crippen LogP) is 3.56. The maximum Gasteiger partial charge on any atom is 0.0252 e. The van der Waals surface area contributed by atoms with E-state index in [4.69, 9.17) is 0 Å². The summed E-state index contributed by atoms with van der Waals surface area (Å²) in [6.07, 6.45) is 16.4. The molecule has 0 aromatic heterocycles. The van der Waals surface area contributed by atoms with Crippen LogP contribution in [0, 0.1) is 11.8 Å². The van der Waals surface area contributed by atoms with E-state index in [0.717, 1.165) is 30.0 Å². The Morgan fingerprint density at radius 1 is 0.750 bits per heavy atom. The Balaban J connectivity index is 1.43. The molecule has 0 spiro atoms. The van der Waals surface area contributed by atoms with Gasteiger partial charge in [0.05, 0.1) is 0 Å². The highest BCUT2D eigenvalue weighted by Gasteiger charge is 2.40. The minimum Gasteiger partial charge on any atom is -0.312 e. The van der Waals surface area contributed by atoms with E-state index in [0.29, 0.717) is 0 Å². The topological polar surface area (TPSA) is 15.3 Å². The van der Waals surface area contributed by atoms with Gasteiger partial charge in [0.15, 0.2) is 0 Å². The molecule has 2 aliphatic heterocycles. The van der Waals surface area contributed by atoms with Gasteiger partial charge in [-0.05, 0) is 76.3 Å². The van der Waals surface area contributed by atoms with Crippen LogP contribution in [-0.4, -0.2) is 36.1 Å². The normalized spacial score (nSPS) is 43.8. The van der Waals surface area contributed by atoms with Crippen LogP contribution in [0.3, 0.4) is 0 Å². The molecule has 0 aromatic rings. The first-order valence-electron chi connectivity index (χ1n) is 9.41. The van der Waals surface area contributed by atoms with E-state index in [1.54, 1.807) is 19.3 Å². The monoisotopic (exact) mass is 276 g/mol. The van der Waals surface area contributed by atoms with Gasteiger partial charge in [0.25, 0.3) is 0 Å². The summed E-state index contributed by atoms with van der Waals surface area (Å²) in [4.78, 5) is 2.97. The number of rotatable bonds is 3. The van der Waals surface area contributed by atoms with Crippen LogP contribution in [0.2, 0.25) is 0 Å². The molecule has 2 saturated carbocycles. The molecule has 0 amide bonds. The smallest absolute Gasteiger partial charge is 0.0252 e. The molecular formula is C18H32N2. The summed E-state index contributed by atoms with van der Waals surface area (Å²) in [6, 6.07) is 2.62. The van der Waals surface area contributed by atoms with Gasteiger partial charge in [-0.25, -0.2) is 0 Å². The Kier molecular flexibility index (Phi) is 4.05. The second-order valence-corrected chi connectivity index (χ2v) is 7.92. The lowest BCUT2D eigenvalue weighted by Gasteiger charge is -2.46. The summed E-state index contributed by atoms with van der Waals surface area (Å²) < 4.78 is 0. The number of nitrogens with zero attached hydrogens (tertiary/aromatic N) is 1. The van der Waals surface area contributed by atoms with Crippen molar-refractivity contribution in [1.82, 2.24) is 10.2 Å². The Labute approximate surface area is 124 Å². The van der Waals surface area contributed by atoms with Gasteiger partial charge in [0.1, 0.15) is 0 Å². The molecule has 2 nitrogen and oxygen atoms in total. The van der Waals surface area contributed by atoms with Gasteiger partial charge >= 0.3 is 0 Å². The molecule has 2 aliphatic carbocycles. The number of hydrogen-bond acceptors (Lipinski definition) is 2. The Morgan fingerprint density at radius 2 is 1.70 bits per heavy atom. The van der Waals surface area contributed by atoms with Gasteiger partial charge < -0.3 is 5.32 Å². The molecular weight excluding hydrogens is 244 g/mol. The number of nitrogens with one attached hydrogen (secondary N) is 1. The lowest BCUT2D eigenvalue weighted by Crippen LogP contribution is -2.55. The second kappa shape index (κ2) is 5.96. The molecule has 2 saturated heterocycles. The van der Waals surface area contributed by atoms with Crippen molar-refractivity contribution < 1.29 is 0 Å². The summed E-state index contributed by atoms with van der Waals surface area (Å²) in [5.41, 5.74) is 0. The molecule has 20 heavy (non-hydrogen) atoms. The molecule has 0 bridgehead atoms. The molecule has 4 fully saturated rings. The van der Waals surface area contributed by atoms with Crippen LogP contribution in [0.4, 0.5) is 0 Å². The van der Waals surface area contributed by atoms with E-state index in [-0.39, 0.29) is 0 Å². The van der Waals surface area contributed by atoms with E-state index in [1.165, 1.54) is 64.5 Å². The molecule has 4 atom stereocenters. The Bertz CT molecular complexity index is 319. The highest BCUT2D eigenvalue weighted by molar-refractivity contribution is 4.96. The molecule has 2 heteroatoms. The van der Waals surface area contributed by atoms with Crippen molar-refractivity contribution in [3.8, 4) is 0 Å². The molecule has 4 aliphatic rings. The van der Waals surface area contributed by atoms with Crippen molar-refractivity contribution in [1.29, 1.82) is 0 Å². The summed E-state index contributed by atoms with van der Waals surface area (Å²) in [5.74, 6) is 2.22. The van der Waals surface area contributed by atoms with Crippen LogP contribution in [-0.2, 0) is 0 Å². The van der Waals surface area contributed by atoms with E-state index in [1.807, 2.05) is 0 Å². The maximum absolute atomic E-state index is 3.80. The van der Waals surface area contributed by atoms with Crippen LogP contribution < -0.4 is 5.32 Å². The standard InChI is InChI=1S/C18H32N2/c1-2-12-20(18(8-1)17-7-4-11-19-17)16-6-3-5-15(13-16)14-9-10-14/h14-19H,1-13H2. The van der Waals surface area contributed by atoms with Crippen molar-refractivity contribution in [3.05, 3.63) is 0 Å². The number of hydrogen-bond donors (Lipinski definition) is 1. The summed E-state index contributed by atoms with van der Waals surface area (Å²) >= 11 is 0. The molecule has 2 heterocycles. The first kappa shape index (κ1) is 13.6. The zero-order valence-electron chi connectivity index (χ0n) is 13.0. The highest BCUT2D eigenvalue weighted by atomic mass is 15.2. The van der Waals surface area contributed by atoms with Gasteiger partial charge in [0.2, 0.25) is 0 Å². The lowest BCUT2D eigenvalue weighted by atomic mass is 9.80. The van der Waals surface area contributed by atoms with Gasteiger partial charge in [-0.3, -0.25) is 4.90 Å². The van der Waals surface area contributed by atoms with E-state index >= 15 is 0 Å². The summed E-state index contributed by atoms with van der Waals surface area (Å²) in [5, 5.41) is 3.80. The van der Waals surface area contributed by atoms with Crippen LogP contribution in [0.15, 0.2) is 0 Å². The number of piperidine rings is 1. The van der Waals surface area contributed by atoms with Gasteiger partial charge in [-0.15, -0.1) is 0 Å².